The minimum Gasteiger partial charge on any atom is -0.452 e. The number of hydrogen-bond donors (Lipinski definition) is 1. The summed E-state index contributed by atoms with van der Waals surface area (Å²) in [4.78, 5) is 38.5. The number of amides is 2. The Hall–Kier alpha value is -2.37. The number of para-hydroxylation sites is 2. The van der Waals surface area contributed by atoms with Crippen LogP contribution in [0.2, 0.25) is 0 Å². The van der Waals surface area contributed by atoms with Crippen LogP contribution in [-0.4, -0.2) is 30.4 Å². The summed E-state index contributed by atoms with van der Waals surface area (Å²) in [5.74, 6) is -1.16. The Kier molecular flexibility index (Phi) is 4.55. The number of hydrogen-bond acceptors (Lipinski definition) is 4. The topological polar surface area (TPSA) is 75.7 Å². The number of anilines is 2. The number of fused-ring (bicyclic) bond motifs is 1. The van der Waals surface area contributed by atoms with E-state index in [-0.39, 0.29) is 36.2 Å². The Morgan fingerprint density at radius 2 is 1.96 bits per heavy atom. The highest BCUT2D eigenvalue weighted by Gasteiger charge is 2.37. The molecule has 0 saturated heterocycles. The largest absolute Gasteiger partial charge is 0.452 e. The molecule has 128 valence electrons. The molecule has 6 nitrogen and oxygen atoms in total. The standard InChI is InChI=1S/C18H22N2O4/c1-11(2)16(24-18(23)12-6-5-7-12)17(22)20-10-15(21)19-13-8-3-4-9-14(13)20/h3-4,8-9,11-12,16H,5-7,10H2,1-2H3,(H,19,21). The van der Waals surface area contributed by atoms with E-state index in [2.05, 4.69) is 5.32 Å². The second kappa shape index (κ2) is 6.63. The Balaban J connectivity index is 1.82. The normalized spacial score (nSPS) is 18.5. The summed E-state index contributed by atoms with van der Waals surface area (Å²) in [7, 11) is 0. The van der Waals surface area contributed by atoms with Crippen LogP contribution in [-0.2, 0) is 19.1 Å². The van der Waals surface area contributed by atoms with E-state index in [0.29, 0.717) is 11.4 Å². The zero-order valence-electron chi connectivity index (χ0n) is 14.0. The summed E-state index contributed by atoms with van der Waals surface area (Å²) < 4.78 is 5.52. The number of nitrogens with zero attached hydrogens (tertiary/aromatic N) is 1. The van der Waals surface area contributed by atoms with E-state index in [9.17, 15) is 14.4 Å². The Morgan fingerprint density at radius 1 is 1.25 bits per heavy atom. The second-order valence-electron chi connectivity index (χ2n) is 6.72. The van der Waals surface area contributed by atoms with Crippen LogP contribution in [0.25, 0.3) is 0 Å². The maximum Gasteiger partial charge on any atom is 0.309 e. The van der Waals surface area contributed by atoms with Crippen molar-refractivity contribution in [3.05, 3.63) is 24.3 Å². The molecule has 1 unspecified atom stereocenters. The lowest BCUT2D eigenvalue weighted by Crippen LogP contribution is -2.49. The van der Waals surface area contributed by atoms with Crippen molar-refractivity contribution in [2.75, 3.05) is 16.8 Å². The Labute approximate surface area is 141 Å². The molecule has 2 amide bonds. The Morgan fingerprint density at radius 3 is 2.58 bits per heavy atom. The summed E-state index contributed by atoms with van der Waals surface area (Å²) in [6.45, 7) is 3.61. The van der Waals surface area contributed by atoms with Crippen LogP contribution in [0.3, 0.4) is 0 Å². The third kappa shape index (κ3) is 3.13. The molecule has 1 aromatic rings. The van der Waals surface area contributed by atoms with E-state index in [1.54, 1.807) is 24.3 Å². The molecule has 1 N–H and O–H groups in total. The van der Waals surface area contributed by atoms with Crippen molar-refractivity contribution in [2.45, 2.75) is 39.2 Å². The lowest BCUT2D eigenvalue weighted by molar-refractivity contribution is -0.164. The second-order valence-corrected chi connectivity index (χ2v) is 6.72. The van der Waals surface area contributed by atoms with Gasteiger partial charge in [0.05, 0.1) is 17.3 Å². The summed E-state index contributed by atoms with van der Waals surface area (Å²) in [5.41, 5.74) is 1.22. The van der Waals surface area contributed by atoms with Gasteiger partial charge in [-0.15, -0.1) is 0 Å². The molecular weight excluding hydrogens is 308 g/mol. The van der Waals surface area contributed by atoms with Gasteiger partial charge in [-0.1, -0.05) is 32.4 Å². The molecule has 0 bridgehead atoms. The first-order chi connectivity index (χ1) is 11.5. The average molecular weight is 330 g/mol. The number of carbonyl (C=O) groups is 3. The summed E-state index contributed by atoms with van der Waals surface area (Å²) in [6, 6.07) is 7.13. The molecule has 1 atom stereocenters. The predicted molar refractivity (Wildman–Crippen MR) is 89.5 cm³/mol. The highest BCUT2D eigenvalue weighted by atomic mass is 16.5. The average Bonchev–Trinajstić information content (AvgIpc) is 2.49. The number of benzene rings is 1. The fourth-order valence-electron chi connectivity index (χ4n) is 2.92. The van der Waals surface area contributed by atoms with E-state index < -0.39 is 6.10 Å². The van der Waals surface area contributed by atoms with Crippen LogP contribution in [0.5, 0.6) is 0 Å². The van der Waals surface area contributed by atoms with E-state index in [1.165, 1.54) is 4.90 Å². The van der Waals surface area contributed by atoms with E-state index in [0.717, 1.165) is 19.3 Å². The molecule has 3 rings (SSSR count). The molecule has 1 saturated carbocycles. The van der Waals surface area contributed by atoms with E-state index >= 15 is 0 Å². The van der Waals surface area contributed by atoms with Crippen LogP contribution in [0.4, 0.5) is 11.4 Å². The van der Waals surface area contributed by atoms with Gasteiger partial charge < -0.3 is 10.1 Å². The highest BCUT2D eigenvalue weighted by molar-refractivity contribution is 6.11. The molecule has 0 spiro atoms. The van der Waals surface area contributed by atoms with Gasteiger partial charge >= 0.3 is 5.97 Å². The quantitative estimate of drug-likeness (QED) is 0.860. The van der Waals surface area contributed by atoms with Gasteiger partial charge in [0, 0.05) is 0 Å². The van der Waals surface area contributed by atoms with Crippen LogP contribution in [0, 0.1) is 11.8 Å². The first-order valence-corrected chi connectivity index (χ1v) is 8.38. The van der Waals surface area contributed by atoms with Gasteiger partial charge in [0.1, 0.15) is 6.54 Å². The fraction of sp³-hybridized carbons (Fsp3) is 0.500. The van der Waals surface area contributed by atoms with Gasteiger partial charge in [-0.25, -0.2) is 0 Å². The third-order valence-electron chi connectivity index (χ3n) is 4.57. The van der Waals surface area contributed by atoms with Crippen molar-refractivity contribution in [3.8, 4) is 0 Å². The zero-order chi connectivity index (χ0) is 17.3. The molecular formula is C18H22N2O4. The van der Waals surface area contributed by atoms with Crippen LogP contribution in [0.1, 0.15) is 33.1 Å². The monoisotopic (exact) mass is 330 g/mol. The molecule has 1 aliphatic heterocycles. The number of rotatable bonds is 4. The van der Waals surface area contributed by atoms with Crippen molar-refractivity contribution in [1.29, 1.82) is 0 Å². The first kappa shape index (κ1) is 16.5. The van der Waals surface area contributed by atoms with Crippen LogP contribution < -0.4 is 10.2 Å². The number of esters is 1. The fourth-order valence-corrected chi connectivity index (χ4v) is 2.92. The summed E-state index contributed by atoms with van der Waals surface area (Å²) in [5, 5.41) is 2.75. The lowest BCUT2D eigenvalue weighted by atomic mass is 9.85. The molecule has 1 aliphatic carbocycles. The van der Waals surface area contributed by atoms with Crippen molar-refractivity contribution < 1.29 is 19.1 Å². The van der Waals surface area contributed by atoms with Crippen molar-refractivity contribution in [2.24, 2.45) is 11.8 Å². The van der Waals surface area contributed by atoms with Crippen molar-refractivity contribution >= 4 is 29.2 Å². The summed E-state index contributed by atoms with van der Waals surface area (Å²) >= 11 is 0. The van der Waals surface area contributed by atoms with E-state index in [1.807, 2.05) is 13.8 Å². The minimum atomic E-state index is -0.878. The Bertz CT molecular complexity index is 667. The van der Waals surface area contributed by atoms with Crippen LogP contribution in [0.15, 0.2) is 24.3 Å². The van der Waals surface area contributed by atoms with Gasteiger partial charge in [0.25, 0.3) is 5.91 Å². The molecule has 6 heteroatoms. The number of ether oxygens (including phenoxy) is 1. The molecule has 24 heavy (non-hydrogen) atoms. The van der Waals surface area contributed by atoms with Gasteiger partial charge in [-0.3, -0.25) is 19.3 Å². The SMILES string of the molecule is CC(C)C(OC(=O)C1CCC1)C(=O)N1CC(=O)Nc2ccccc21. The minimum absolute atomic E-state index is 0.0694. The van der Waals surface area contributed by atoms with Gasteiger partial charge in [-0.05, 0) is 30.9 Å². The number of carbonyl (C=O) groups excluding carboxylic acids is 3. The first-order valence-electron chi connectivity index (χ1n) is 8.38. The molecule has 1 heterocycles. The molecule has 1 aromatic carbocycles. The molecule has 2 aliphatic rings. The van der Waals surface area contributed by atoms with Crippen LogP contribution >= 0.6 is 0 Å². The highest BCUT2D eigenvalue weighted by Crippen LogP contribution is 2.32. The lowest BCUT2D eigenvalue weighted by Gasteiger charge is -2.34. The maximum atomic E-state index is 13.0. The van der Waals surface area contributed by atoms with Gasteiger partial charge in [0.15, 0.2) is 6.10 Å². The van der Waals surface area contributed by atoms with Crippen molar-refractivity contribution in [1.82, 2.24) is 0 Å². The maximum absolute atomic E-state index is 13.0. The van der Waals surface area contributed by atoms with Crippen molar-refractivity contribution in [3.63, 3.8) is 0 Å². The van der Waals surface area contributed by atoms with Gasteiger partial charge in [-0.2, -0.15) is 0 Å². The smallest absolute Gasteiger partial charge is 0.309 e. The molecule has 1 fully saturated rings. The molecule has 0 radical (unpaired) electrons. The number of nitrogens with one attached hydrogen (secondary N) is 1. The third-order valence-corrected chi connectivity index (χ3v) is 4.57. The summed E-state index contributed by atoms with van der Waals surface area (Å²) in [6.07, 6.45) is 1.80. The van der Waals surface area contributed by atoms with Gasteiger partial charge in [0.2, 0.25) is 5.91 Å². The zero-order valence-corrected chi connectivity index (χ0v) is 14.0. The van der Waals surface area contributed by atoms with E-state index in [4.69, 9.17) is 4.74 Å². The molecule has 0 aromatic heterocycles. The predicted octanol–water partition coefficient (Wildman–Crippen LogP) is 2.34.